The number of hydrogen-bond donors (Lipinski definition) is 0. The van der Waals surface area contributed by atoms with Gasteiger partial charge in [0, 0.05) is 0 Å². The van der Waals surface area contributed by atoms with E-state index in [2.05, 4.69) is 18.2 Å². The zero-order valence-corrected chi connectivity index (χ0v) is 16.2. The van der Waals surface area contributed by atoms with Crippen molar-refractivity contribution in [2.24, 2.45) is 0 Å². The van der Waals surface area contributed by atoms with Crippen LogP contribution in [0.1, 0.15) is 96.8 Å². The Morgan fingerprint density at radius 3 is 1.52 bits per heavy atom. The van der Waals surface area contributed by atoms with E-state index in [4.69, 9.17) is 4.74 Å². The average molecular weight is 355 g/mol. The minimum Gasteiger partial charge on any atom is -0.457 e. The van der Waals surface area contributed by atoms with Gasteiger partial charge in [0.05, 0.1) is 6.61 Å². The van der Waals surface area contributed by atoms with Crippen molar-refractivity contribution in [2.45, 2.75) is 96.8 Å². The van der Waals surface area contributed by atoms with Gasteiger partial charge in [-0.1, -0.05) is 103 Å². The third-order valence-corrected chi connectivity index (χ3v) is 4.23. The monoisotopic (exact) mass is 354 g/mol. The third kappa shape index (κ3) is 17.3. The van der Waals surface area contributed by atoms with E-state index in [9.17, 15) is 9.59 Å². The predicted molar refractivity (Wildman–Crippen MR) is 102 cm³/mol. The molecule has 0 saturated carbocycles. The molecule has 0 aliphatic rings. The second-order valence-electron chi connectivity index (χ2n) is 6.62. The Kier molecular flexibility index (Phi) is 18.0. The molecule has 0 amide bonds. The van der Waals surface area contributed by atoms with E-state index in [1.165, 1.54) is 76.7 Å². The van der Waals surface area contributed by atoms with Crippen molar-refractivity contribution < 1.29 is 19.1 Å². The van der Waals surface area contributed by atoms with E-state index in [1.54, 1.807) is 0 Å². The van der Waals surface area contributed by atoms with E-state index >= 15 is 0 Å². The first-order valence-corrected chi connectivity index (χ1v) is 10.2. The highest BCUT2D eigenvalue weighted by Crippen LogP contribution is 2.12. The van der Waals surface area contributed by atoms with Crippen molar-refractivity contribution in [1.29, 1.82) is 0 Å². The van der Waals surface area contributed by atoms with Crippen LogP contribution in [0.5, 0.6) is 0 Å². The molecule has 0 radical (unpaired) electrons. The van der Waals surface area contributed by atoms with Gasteiger partial charge >= 0.3 is 11.9 Å². The van der Waals surface area contributed by atoms with Gasteiger partial charge in [-0.05, 0) is 6.42 Å². The molecule has 0 N–H and O–H groups in total. The molecule has 0 unspecified atom stereocenters. The average Bonchev–Trinajstić information content (AvgIpc) is 2.62. The smallest absolute Gasteiger partial charge is 0.417 e. The Balaban J connectivity index is 3.20. The molecule has 4 nitrogen and oxygen atoms in total. The van der Waals surface area contributed by atoms with E-state index in [-0.39, 0.29) is 6.61 Å². The number of unbranched alkanes of at least 4 members (excludes halogenated alkanes) is 13. The van der Waals surface area contributed by atoms with Crippen molar-refractivity contribution in [3.8, 4) is 0 Å². The molecular weight excluding hydrogens is 316 g/mol. The van der Waals surface area contributed by atoms with Gasteiger partial charge in [-0.2, -0.15) is 0 Å². The summed E-state index contributed by atoms with van der Waals surface area (Å²) in [4.78, 5) is 22.4. The van der Waals surface area contributed by atoms with Gasteiger partial charge in [0.2, 0.25) is 0 Å². The van der Waals surface area contributed by atoms with Crippen LogP contribution in [-0.2, 0) is 19.1 Å². The minimum absolute atomic E-state index is 0.0345. The maximum atomic E-state index is 11.3. The molecule has 25 heavy (non-hydrogen) atoms. The maximum absolute atomic E-state index is 11.3. The number of carbonyl (C=O) groups excluding carboxylic acids is 2. The van der Waals surface area contributed by atoms with Gasteiger partial charge in [0.1, 0.15) is 6.61 Å². The quantitative estimate of drug-likeness (QED) is 0.145. The molecule has 0 spiro atoms. The standard InChI is InChI=1S/C21H38O4/c1-3-5-6-7-8-9-10-11-12-13-14-15-16-17-19-25-21(23)20(22)24-18-4-2/h4H,2-3,5-19H2,1H3. The van der Waals surface area contributed by atoms with Crippen LogP contribution in [0.3, 0.4) is 0 Å². The summed E-state index contributed by atoms with van der Waals surface area (Å²) in [6.07, 6.45) is 19.3. The molecule has 0 bridgehead atoms. The van der Waals surface area contributed by atoms with Gasteiger partial charge in [-0.15, -0.1) is 0 Å². The molecule has 0 fully saturated rings. The lowest BCUT2D eigenvalue weighted by Crippen LogP contribution is -2.20. The number of ether oxygens (including phenoxy) is 2. The number of carbonyl (C=O) groups is 2. The van der Waals surface area contributed by atoms with E-state index in [0.29, 0.717) is 6.61 Å². The Labute approximate surface area is 154 Å². The summed E-state index contributed by atoms with van der Waals surface area (Å²) in [6.45, 7) is 5.99. The van der Waals surface area contributed by atoms with Crippen molar-refractivity contribution in [3.05, 3.63) is 12.7 Å². The Morgan fingerprint density at radius 2 is 1.08 bits per heavy atom. The van der Waals surface area contributed by atoms with Crippen molar-refractivity contribution in [2.75, 3.05) is 13.2 Å². The second kappa shape index (κ2) is 19.0. The molecule has 0 aliphatic carbocycles. The maximum Gasteiger partial charge on any atom is 0.417 e. The summed E-state index contributed by atoms with van der Waals surface area (Å²) in [6, 6.07) is 0. The van der Waals surface area contributed by atoms with Crippen LogP contribution in [0.15, 0.2) is 12.7 Å². The van der Waals surface area contributed by atoms with Gasteiger partial charge < -0.3 is 9.47 Å². The first-order chi connectivity index (χ1) is 12.2. The van der Waals surface area contributed by atoms with Crippen LogP contribution in [0.25, 0.3) is 0 Å². The van der Waals surface area contributed by atoms with Crippen molar-refractivity contribution in [3.63, 3.8) is 0 Å². The van der Waals surface area contributed by atoms with Gasteiger partial charge in [-0.25, -0.2) is 9.59 Å². The van der Waals surface area contributed by atoms with E-state index in [1.807, 2.05) is 0 Å². The van der Waals surface area contributed by atoms with Crippen LogP contribution in [0, 0.1) is 0 Å². The Morgan fingerprint density at radius 1 is 0.680 bits per heavy atom. The van der Waals surface area contributed by atoms with Crippen LogP contribution in [0.2, 0.25) is 0 Å². The molecule has 146 valence electrons. The third-order valence-electron chi connectivity index (χ3n) is 4.23. The summed E-state index contributed by atoms with van der Waals surface area (Å²) in [7, 11) is 0. The minimum atomic E-state index is -0.940. The molecule has 0 aliphatic heterocycles. The molecule has 0 rings (SSSR count). The molecular formula is C21H38O4. The second-order valence-corrected chi connectivity index (χ2v) is 6.62. The largest absolute Gasteiger partial charge is 0.457 e. The fourth-order valence-corrected chi connectivity index (χ4v) is 2.71. The normalized spacial score (nSPS) is 10.4. The fraction of sp³-hybridized carbons (Fsp3) is 0.810. The lowest BCUT2D eigenvalue weighted by atomic mass is 10.0. The first kappa shape index (κ1) is 23.7. The molecule has 0 aromatic heterocycles. The Bertz CT molecular complexity index is 339. The van der Waals surface area contributed by atoms with Crippen molar-refractivity contribution in [1.82, 2.24) is 0 Å². The number of rotatable bonds is 17. The zero-order valence-electron chi connectivity index (χ0n) is 16.2. The summed E-state index contributed by atoms with van der Waals surface area (Å²) >= 11 is 0. The summed E-state index contributed by atoms with van der Waals surface area (Å²) in [5.41, 5.74) is 0. The van der Waals surface area contributed by atoms with Crippen LogP contribution in [-0.4, -0.2) is 25.2 Å². The van der Waals surface area contributed by atoms with Crippen LogP contribution < -0.4 is 0 Å². The number of hydrogen-bond acceptors (Lipinski definition) is 4. The lowest BCUT2D eigenvalue weighted by Gasteiger charge is -2.05. The van der Waals surface area contributed by atoms with Crippen molar-refractivity contribution >= 4 is 11.9 Å². The first-order valence-electron chi connectivity index (χ1n) is 10.2. The fourth-order valence-electron chi connectivity index (χ4n) is 2.71. The van der Waals surface area contributed by atoms with Gasteiger partial charge in [0.15, 0.2) is 0 Å². The molecule has 0 aromatic rings. The van der Waals surface area contributed by atoms with E-state index < -0.39 is 11.9 Å². The van der Waals surface area contributed by atoms with Crippen LogP contribution >= 0.6 is 0 Å². The molecule has 0 aromatic carbocycles. The molecule has 0 saturated heterocycles. The van der Waals surface area contributed by atoms with Gasteiger partial charge in [0.25, 0.3) is 0 Å². The molecule has 0 atom stereocenters. The predicted octanol–water partition coefficient (Wildman–Crippen LogP) is 5.74. The van der Waals surface area contributed by atoms with Gasteiger partial charge in [-0.3, -0.25) is 0 Å². The highest BCUT2D eigenvalue weighted by atomic mass is 16.6. The summed E-state index contributed by atoms with van der Waals surface area (Å²) in [5, 5.41) is 0. The summed E-state index contributed by atoms with van der Waals surface area (Å²) < 4.78 is 9.46. The Hall–Kier alpha value is -1.32. The zero-order chi connectivity index (χ0) is 18.6. The van der Waals surface area contributed by atoms with Crippen LogP contribution in [0.4, 0.5) is 0 Å². The highest BCUT2D eigenvalue weighted by Gasteiger charge is 2.15. The topological polar surface area (TPSA) is 52.6 Å². The van der Waals surface area contributed by atoms with E-state index in [0.717, 1.165) is 19.3 Å². The molecule has 0 heterocycles. The summed E-state index contributed by atoms with van der Waals surface area (Å²) in [5.74, 6) is -1.85. The highest BCUT2D eigenvalue weighted by molar-refractivity contribution is 6.29. The number of esters is 2. The lowest BCUT2D eigenvalue weighted by molar-refractivity contribution is -0.167. The SMILES string of the molecule is C=CCOC(=O)C(=O)OCCCCCCCCCCCCCCCC. The molecule has 4 heteroatoms.